The second-order valence-corrected chi connectivity index (χ2v) is 9.23. The first-order valence-electron chi connectivity index (χ1n) is 12.0. The smallest absolute Gasteiger partial charge is 0.162 e. The molecule has 0 saturated heterocycles. The number of hydrogen-bond donors (Lipinski definition) is 1. The number of rotatable bonds is 4. The predicted octanol–water partition coefficient (Wildman–Crippen LogP) is 6.92. The summed E-state index contributed by atoms with van der Waals surface area (Å²) in [6, 6.07) is 28.8. The number of anilines is 1. The maximum atomic E-state index is 13.9. The molecule has 4 aromatic rings. The summed E-state index contributed by atoms with van der Waals surface area (Å²) in [5, 5.41) is 6.06. The van der Waals surface area contributed by atoms with Gasteiger partial charge in [-0.25, -0.2) is 0 Å². The first kappa shape index (κ1) is 21.5. The lowest BCUT2D eigenvalue weighted by atomic mass is 9.71. The number of ether oxygens (including phenoxy) is 2. The van der Waals surface area contributed by atoms with E-state index in [1.165, 1.54) is 16.3 Å². The van der Waals surface area contributed by atoms with Gasteiger partial charge in [0.05, 0.1) is 20.3 Å². The van der Waals surface area contributed by atoms with Crippen LogP contribution in [0, 0.1) is 0 Å². The Morgan fingerprint density at radius 2 is 1.54 bits per heavy atom. The van der Waals surface area contributed by atoms with Crippen molar-refractivity contribution in [3.63, 3.8) is 0 Å². The standard InChI is InChI=1S/C31H27NO3/c1-34-27-15-13-21(18-28(27)35-2)31-30-24(16-22(17-26(30)33)19-8-4-3-5-9-19)29-23-11-7-6-10-20(23)12-14-25(29)32-31/h3-15,18,22,31-32H,16-17H2,1-2H3/t22-,31+/m0/s1. The van der Waals surface area contributed by atoms with Crippen LogP contribution in [0.4, 0.5) is 5.69 Å². The molecule has 1 heterocycles. The Bertz CT molecular complexity index is 1470. The number of ketones is 1. The molecule has 0 saturated carbocycles. The number of carbonyl (C=O) groups excluding carboxylic acids is 1. The largest absolute Gasteiger partial charge is 0.493 e. The van der Waals surface area contributed by atoms with Gasteiger partial charge in [-0.1, -0.05) is 66.7 Å². The lowest BCUT2D eigenvalue weighted by Crippen LogP contribution is -2.29. The maximum Gasteiger partial charge on any atom is 0.162 e. The zero-order valence-corrected chi connectivity index (χ0v) is 19.9. The minimum Gasteiger partial charge on any atom is -0.493 e. The molecule has 1 aliphatic carbocycles. The normalized spacial score (nSPS) is 19.1. The van der Waals surface area contributed by atoms with Gasteiger partial charge in [0.25, 0.3) is 0 Å². The molecule has 0 spiro atoms. The van der Waals surface area contributed by atoms with Crippen LogP contribution in [0.15, 0.2) is 90.5 Å². The van der Waals surface area contributed by atoms with Gasteiger partial charge in [-0.2, -0.15) is 0 Å². The van der Waals surface area contributed by atoms with E-state index in [-0.39, 0.29) is 17.7 Å². The van der Waals surface area contributed by atoms with Gasteiger partial charge in [-0.3, -0.25) is 4.79 Å². The summed E-state index contributed by atoms with van der Waals surface area (Å²) in [4.78, 5) is 13.9. The highest BCUT2D eigenvalue weighted by Crippen LogP contribution is 2.51. The van der Waals surface area contributed by atoms with Crippen LogP contribution in [0.2, 0.25) is 0 Å². The topological polar surface area (TPSA) is 47.6 Å². The highest BCUT2D eigenvalue weighted by Gasteiger charge is 2.38. The Morgan fingerprint density at radius 1 is 0.771 bits per heavy atom. The van der Waals surface area contributed by atoms with E-state index >= 15 is 0 Å². The van der Waals surface area contributed by atoms with Crippen LogP contribution in [0.1, 0.15) is 41.5 Å². The van der Waals surface area contributed by atoms with E-state index in [0.29, 0.717) is 17.9 Å². The van der Waals surface area contributed by atoms with Crippen molar-refractivity contribution in [1.82, 2.24) is 0 Å². The van der Waals surface area contributed by atoms with Gasteiger partial charge in [-0.15, -0.1) is 0 Å². The monoisotopic (exact) mass is 461 g/mol. The number of nitrogens with one attached hydrogen (secondary N) is 1. The van der Waals surface area contributed by atoms with Gasteiger partial charge in [0.15, 0.2) is 17.3 Å². The minimum absolute atomic E-state index is 0.165. The molecule has 4 heteroatoms. The van der Waals surface area contributed by atoms with E-state index in [1.807, 2.05) is 24.3 Å². The molecular weight excluding hydrogens is 434 g/mol. The Morgan fingerprint density at radius 3 is 2.34 bits per heavy atom. The number of fused-ring (bicyclic) bond motifs is 4. The van der Waals surface area contributed by atoms with Gasteiger partial charge >= 0.3 is 0 Å². The van der Waals surface area contributed by atoms with Crippen LogP contribution >= 0.6 is 0 Å². The first-order valence-corrected chi connectivity index (χ1v) is 12.0. The van der Waals surface area contributed by atoms with E-state index in [4.69, 9.17) is 9.47 Å². The number of hydrogen-bond acceptors (Lipinski definition) is 4. The molecule has 4 nitrogen and oxygen atoms in total. The van der Waals surface area contributed by atoms with Gasteiger partial charge in [-0.05, 0) is 58.0 Å². The lowest BCUT2D eigenvalue weighted by molar-refractivity contribution is -0.116. The van der Waals surface area contributed by atoms with Crippen LogP contribution in [0.5, 0.6) is 11.5 Å². The predicted molar refractivity (Wildman–Crippen MR) is 140 cm³/mol. The second kappa shape index (κ2) is 8.62. The average Bonchev–Trinajstić information content (AvgIpc) is 2.92. The highest BCUT2D eigenvalue weighted by molar-refractivity contribution is 6.13. The summed E-state index contributed by atoms with van der Waals surface area (Å²) in [5.74, 6) is 1.69. The molecule has 0 unspecified atom stereocenters. The molecule has 35 heavy (non-hydrogen) atoms. The van der Waals surface area contributed by atoms with Crippen LogP contribution in [0.25, 0.3) is 16.3 Å². The van der Waals surface area contributed by atoms with Crippen molar-refractivity contribution in [3.8, 4) is 11.5 Å². The molecule has 1 aliphatic heterocycles. The number of methoxy groups -OCH3 is 2. The van der Waals surface area contributed by atoms with Gasteiger partial charge in [0.2, 0.25) is 0 Å². The second-order valence-electron chi connectivity index (χ2n) is 9.23. The summed E-state index contributed by atoms with van der Waals surface area (Å²) in [7, 11) is 3.27. The van der Waals surface area contributed by atoms with Crippen LogP contribution in [0.3, 0.4) is 0 Å². The molecule has 1 N–H and O–H groups in total. The van der Waals surface area contributed by atoms with Crippen molar-refractivity contribution in [2.75, 3.05) is 19.5 Å². The molecule has 174 valence electrons. The molecule has 0 amide bonds. The van der Waals surface area contributed by atoms with Crippen molar-refractivity contribution < 1.29 is 14.3 Å². The molecule has 0 bridgehead atoms. The van der Waals surface area contributed by atoms with E-state index in [0.717, 1.165) is 34.4 Å². The summed E-state index contributed by atoms with van der Waals surface area (Å²) in [6.45, 7) is 0. The van der Waals surface area contributed by atoms with Gasteiger partial charge in [0.1, 0.15) is 0 Å². The summed E-state index contributed by atoms with van der Waals surface area (Å²) >= 11 is 0. The van der Waals surface area contributed by atoms with Crippen LogP contribution in [-0.4, -0.2) is 20.0 Å². The summed E-state index contributed by atoms with van der Waals surface area (Å²) < 4.78 is 11.0. The Balaban J connectivity index is 1.56. The van der Waals surface area contributed by atoms with Crippen molar-refractivity contribution in [1.29, 1.82) is 0 Å². The highest BCUT2D eigenvalue weighted by atomic mass is 16.5. The zero-order valence-electron chi connectivity index (χ0n) is 19.9. The molecule has 0 aromatic heterocycles. The third-order valence-corrected chi connectivity index (χ3v) is 7.34. The molecular formula is C31H27NO3. The number of benzene rings is 4. The SMILES string of the molecule is COc1ccc([C@H]2Nc3ccc4ccccc4c3C3=C2C(=O)C[C@@H](c2ccccc2)C3)cc1OC. The Labute approximate surface area is 205 Å². The number of carbonyl (C=O) groups is 1. The first-order chi connectivity index (χ1) is 17.2. The fourth-order valence-corrected chi connectivity index (χ4v) is 5.69. The fraction of sp³-hybridized carbons (Fsp3) is 0.194. The molecule has 2 atom stereocenters. The minimum atomic E-state index is -0.248. The van der Waals surface area contributed by atoms with Gasteiger partial charge in [0, 0.05) is 23.2 Å². The average molecular weight is 462 g/mol. The maximum absolute atomic E-state index is 13.9. The van der Waals surface area contributed by atoms with Crippen LogP contribution in [-0.2, 0) is 4.79 Å². The molecule has 4 aromatic carbocycles. The van der Waals surface area contributed by atoms with E-state index in [9.17, 15) is 4.79 Å². The van der Waals surface area contributed by atoms with Crippen molar-refractivity contribution in [2.45, 2.75) is 24.8 Å². The molecule has 0 radical (unpaired) electrons. The molecule has 0 fully saturated rings. The summed E-state index contributed by atoms with van der Waals surface area (Å²) in [6.07, 6.45) is 1.34. The Hall–Kier alpha value is -4.05. The van der Waals surface area contributed by atoms with Crippen molar-refractivity contribution in [2.24, 2.45) is 0 Å². The molecule has 6 rings (SSSR count). The van der Waals surface area contributed by atoms with Crippen molar-refractivity contribution >= 4 is 27.8 Å². The number of Topliss-reactive ketones (excluding diaryl/α,β-unsaturated/α-hetero) is 1. The van der Waals surface area contributed by atoms with E-state index in [2.05, 4.69) is 66.0 Å². The number of allylic oxidation sites excluding steroid dienone is 1. The third-order valence-electron chi connectivity index (χ3n) is 7.34. The van der Waals surface area contributed by atoms with Gasteiger partial charge < -0.3 is 14.8 Å². The van der Waals surface area contributed by atoms with Crippen molar-refractivity contribution in [3.05, 3.63) is 107 Å². The lowest BCUT2D eigenvalue weighted by Gasteiger charge is -2.37. The Kier molecular flexibility index (Phi) is 5.29. The fourth-order valence-electron chi connectivity index (χ4n) is 5.69. The summed E-state index contributed by atoms with van der Waals surface area (Å²) in [5.41, 5.74) is 6.44. The van der Waals surface area contributed by atoms with E-state index in [1.54, 1.807) is 14.2 Å². The quantitative estimate of drug-likeness (QED) is 0.358. The third kappa shape index (κ3) is 3.57. The zero-order chi connectivity index (χ0) is 23.9. The van der Waals surface area contributed by atoms with Crippen LogP contribution < -0.4 is 14.8 Å². The molecule has 2 aliphatic rings. The van der Waals surface area contributed by atoms with E-state index < -0.39 is 0 Å².